The van der Waals surface area contributed by atoms with E-state index < -0.39 is 0 Å². The number of rotatable bonds is 4. The fraction of sp³-hybridized carbons (Fsp3) is 0.667. The number of hydrogen-bond acceptors (Lipinski definition) is 4. The van der Waals surface area contributed by atoms with Gasteiger partial charge in [0.05, 0.1) is 6.54 Å². The molecule has 0 bridgehead atoms. The van der Waals surface area contributed by atoms with Crippen molar-refractivity contribution in [1.82, 2.24) is 15.1 Å². The Morgan fingerprint density at radius 3 is 2.85 bits per heavy atom. The minimum absolute atomic E-state index is 0.0953. The Bertz CT molecular complexity index is 440. The summed E-state index contributed by atoms with van der Waals surface area (Å²) in [6.45, 7) is 7.12. The Kier molecular flexibility index (Phi) is 4.38. The van der Waals surface area contributed by atoms with Gasteiger partial charge in [-0.3, -0.25) is 10.1 Å². The summed E-state index contributed by atoms with van der Waals surface area (Å²) in [5, 5.41) is 7.56. The molecule has 2 fully saturated rings. The van der Waals surface area contributed by atoms with Crippen LogP contribution in [0, 0.1) is 5.92 Å². The molecule has 0 saturated carbocycles. The van der Waals surface area contributed by atoms with Gasteiger partial charge in [-0.05, 0) is 60.8 Å². The topological polar surface area (TPSA) is 35.6 Å². The molecule has 110 valence electrons. The highest BCUT2D eigenvalue weighted by molar-refractivity contribution is 7.07. The number of nitrogens with one attached hydrogen (secondary N) is 1. The lowest BCUT2D eigenvalue weighted by Gasteiger charge is -2.34. The lowest BCUT2D eigenvalue weighted by atomic mass is 9.96. The van der Waals surface area contributed by atoms with Gasteiger partial charge in [0.15, 0.2) is 0 Å². The van der Waals surface area contributed by atoms with E-state index in [4.69, 9.17) is 0 Å². The van der Waals surface area contributed by atoms with Crippen LogP contribution in [-0.2, 0) is 4.79 Å². The monoisotopic (exact) mass is 293 g/mol. The molecule has 1 unspecified atom stereocenters. The van der Waals surface area contributed by atoms with Crippen molar-refractivity contribution in [2.45, 2.75) is 25.9 Å². The molecular formula is C15H23N3OS. The van der Waals surface area contributed by atoms with Gasteiger partial charge < -0.3 is 9.80 Å². The summed E-state index contributed by atoms with van der Waals surface area (Å²) >= 11 is 1.69. The Labute approximate surface area is 124 Å². The number of carbonyl (C=O) groups excluding carboxylic acids is 1. The molecule has 4 nitrogen and oxygen atoms in total. The summed E-state index contributed by atoms with van der Waals surface area (Å²) in [6, 6.07) is 2.12. The molecule has 1 N–H and O–H groups in total. The molecule has 2 aliphatic rings. The fourth-order valence-electron chi connectivity index (χ4n) is 3.24. The van der Waals surface area contributed by atoms with E-state index in [1.807, 2.05) is 4.90 Å². The predicted octanol–water partition coefficient (Wildman–Crippen LogP) is 1.91. The smallest absolute Gasteiger partial charge is 0.238 e. The fourth-order valence-corrected chi connectivity index (χ4v) is 3.92. The molecule has 0 radical (unpaired) electrons. The summed E-state index contributed by atoms with van der Waals surface area (Å²) in [7, 11) is 0. The van der Waals surface area contributed by atoms with Crippen LogP contribution in [0.15, 0.2) is 16.8 Å². The summed E-state index contributed by atoms with van der Waals surface area (Å²) in [5.74, 6) is 0.905. The Balaban J connectivity index is 1.62. The third-order valence-electron chi connectivity index (χ3n) is 4.55. The van der Waals surface area contributed by atoms with Gasteiger partial charge in [-0.25, -0.2) is 0 Å². The van der Waals surface area contributed by atoms with Crippen LogP contribution in [0.5, 0.6) is 0 Å². The van der Waals surface area contributed by atoms with Crippen LogP contribution in [0.3, 0.4) is 0 Å². The maximum absolute atomic E-state index is 12.1. The first-order chi connectivity index (χ1) is 9.78. The highest BCUT2D eigenvalue weighted by Gasteiger charge is 2.33. The molecule has 2 saturated heterocycles. The first-order valence-electron chi connectivity index (χ1n) is 7.55. The lowest BCUT2D eigenvalue weighted by Crippen LogP contribution is -2.40. The van der Waals surface area contributed by atoms with Crippen molar-refractivity contribution < 1.29 is 4.79 Å². The van der Waals surface area contributed by atoms with E-state index in [0.717, 1.165) is 13.1 Å². The van der Waals surface area contributed by atoms with Crippen LogP contribution in [0.4, 0.5) is 0 Å². The molecule has 1 amide bonds. The normalized spacial score (nSPS) is 25.6. The van der Waals surface area contributed by atoms with Gasteiger partial charge in [0, 0.05) is 6.54 Å². The van der Waals surface area contributed by atoms with E-state index in [9.17, 15) is 4.79 Å². The number of likely N-dealkylation sites (tertiary alicyclic amines) is 1. The molecule has 3 heterocycles. The number of nitrogens with zero attached hydrogens (tertiary/aromatic N) is 2. The van der Waals surface area contributed by atoms with Crippen molar-refractivity contribution in [2.75, 3.05) is 32.7 Å². The molecule has 1 atom stereocenters. The number of amides is 1. The van der Waals surface area contributed by atoms with E-state index in [1.165, 1.54) is 31.5 Å². The molecule has 20 heavy (non-hydrogen) atoms. The third-order valence-corrected chi connectivity index (χ3v) is 5.25. The van der Waals surface area contributed by atoms with Crippen LogP contribution >= 0.6 is 11.3 Å². The molecule has 2 aliphatic heterocycles. The average molecular weight is 293 g/mol. The van der Waals surface area contributed by atoms with E-state index in [1.54, 1.807) is 11.3 Å². The number of carbonyl (C=O) groups is 1. The van der Waals surface area contributed by atoms with Crippen LogP contribution < -0.4 is 5.32 Å². The largest absolute Gasteiger partial charge is 0.322 e. The molecule has 1 aromatic rings. The van der Waals surface area contributed by atoms with Crippen molar-refractivity contribution >= 4 is 17.2 Å². The zero-order chi connectivity index (χ0) is 13.9. The Morgan fingerprint density at radius 2 is 2.20 bits per heavy atom. The summed E-state index contributed by atoms with van der Waals surface area (Å²) in [4.78, 5) is 16.7. The van der Waals surface area contributed by atoms with Gasteiger partial charge in [-0.2, -0.15) is 11.3 Å². The molecule has 0 spiro atoms. The van der Waals surface area contributed by atoms with Crippen LogP contribution in [-0.4, -0.2) is 48.4 Å². The number of piperidine rings is 1. The second-order valence-electron chi connectivity index (χ2n) is 5.76. The van der Waals surface area contributed by atoms with Crippen LogP contribution in [0.2, 0.25) is 0 Å². The quantitative estimate of drug-likeness (QED) is 0.921. The Morgan fingerprint density at radius 1 is 1.40 bits per heavy atom. The van der Waals surface area contributed by atoms with Crippen LogP contribution in [0.1, 0.15) is 31.5 Å². The molecule has 5 heteroatoms. The first-order valence-corrected chi connectivity index (χ1v) is 8.49. The van der Waals surface area contributed by atoms with Crippen molar-refractivity contribution in [3.05, 3.63) is 22.4 Å². The van der Waals surface area contributed by atoms with Gasteiger partial charge >= 0.3 is 0 Å². The minimum Gasteiger partial charge on any atom is -0.322 e. The van der Waals surface area contributed by atoms with Crippen molar-refractivity contribution in [3.8, 4) is 0 Å². The standard InChI is InChI=1S/C15H23N3OS/c1-2-17-6-3-12(4-7-17)10-18-14(19)9-16-15(18)13-5-8-20-11-13/h5,8,11-12,15-16H,2-4,6-7,9-10H2,1H3. The Hall–Kier alpha value is -0.910. The van der Waals surface area contributed by atoms with Crippen molar-refractivity contribution in [1.29, 1.82) is 0 Å². The van der Waals surface area contributed by atoms with Crippen LogP contribution in [0.25, 0.3) is 0 Å². The molecular weight excluding hydrogens is 270 g/mol. The minimum atomic E-state index is 0.0953. The van der Waals surface area contributed by atoms with E-state index in [0.29, 0.717) is 12.5 Å². The van der Waals surface area contributed by atoms with Crippen molar-refractivity contribution in [2.24, 2.45) is 5.92 Å². The molecule has 3 rings (SSSR count). The molecule has 0 aromatic carbocycles. The van der Waals surface area contributed by atoms with E-state index in [2.05, 4.69) is 34.0 Å². The number of thiophene rings is 1. The van der Waals surface area contributed by atoms with E-state index >= 15 is 0 Å². The van der Waals surface area contributed by atoms with Gasteiger partial charge in [0.25, 0.3) is 0 Å². The summed E-state index contributed by atoms with van der Waals surface area (Å²) < 4.78 is 0. The van der Waals surface area contributed by atoms with Gasteiger partial charge in [-0.1, -0.05) is 6.92 Å². The predicted molar refractivity (Wildman–Crippen MR) is 81.6 cm³/mol. The highest BCUT2D eigenvalue weighted by Crippen LogP contribution is 2.27. The summed E-state index contributed by atoms with van der Waals surface area (Å²) in [5.41, 5.74) is 1.23. The average Bonchev–Trinajstić information content (AvgIpc) is 3.11. The second-order valence-corrected chi connectivity index (χ2v) is 6.54. The maximum Gasteiger partial charge on any atom is 0.238 e. The van der Waals surface area contributed by atoms with Crippen molar-refractivity contribution in [3.63, 3.8) is 0 Å². The summed E-state index contributed by atoms with van der Waals surface area (Å²) in [6.07, 6.45) is 2.53. The SMILES string of the molecule is CCN1CCC(CN2C(=O)CNC2c2ccsc2)CC1. The van der Waals surface area contributed by atoms with Gasteiger partial charge in [0.1, 0.15) is 6.17 Å². The highest BCUT2D eigenvalue weighted by atomic mass is 32.1. The third kappa shape index (κ3) is 2.90. The van der Waals surface area contributed by atoms with Gasteiger partial charge in [0.2, 0.25) is 5.91 Å². The zero-order valence-electron chi connectivity index (χ0n) is 12.0. The number of hydrogen-bond donors (Lipinski definition) is 1. The molecule has 0 aliphatic carbocycles. The zero-order valence-corrected chi connectivity index (χ0v) is 12.9. The van der Waals surface area contributed by atoms with Gasteiger partial charge in [-0.15, -0.1) is 0 Å². The van der Waals surface area contributed by atoms with E-state index in [-0.39, 0.29) is 12.1 Å². The molecule has 1 aromatic heterocycles. The second kappa shape index (κ2) is 6.24. The maximum atomic E-state index is 12.1. The first kappa shape index (κ1) is 14.0. The lowest BCUT2D eigenvalue weighted by molar-refractivity contribution is -0.128.